The predicted octanol–water partition coefficient (Wildman–Crippen LogP) is 3.14. The van der Waals surface area contributed by atoms with Gasteiger partial charge < -0.3 is 10.2 Å². The first-order valence-electron chi connectivity index (χ1n) is 10.4. The van der Waals surface area contributed by atoms with E-state index >= 15 is 0 Å². The van der Waals surface area contributed by atoms with E-state index in [4.69, 9.17) is 4.98 Å². The van der Waals surface area contributed by atoms with Gasteiger partial charge in [-0.25, -0.2) is 4.98 Å². The first-order chi connectivity index (χ1) is 12.9. The van der Waals surface area contributed by atoms with Crippen molar-refractivity contribution in [3.05, 3.63) is 36.4 Å². The van der Waals surface area contributed by atoms with E-state index in [2.05, 4.69) is 51.5 Å². The number of benzene rings is 1. The Morgan fingerprint density at radius 2 is 1.77 bits per heavy atom. The van der Waals surface area contributed by atoms with E-state index < -0.39 is 0 Å². The average Bonchev–Trinajstić information content (AvgIpc) is 3.54. The first-order valence-corrected chi connectivity index (χ1v) is 10.4. The van der Waals surface area contributed by atoms with Crippen LogP contribution in [0.25, 0.3) is 10.9 Å². The van der Waals surface area contributed by atoms with Crippen LogP contribution in [0, 0.1) is 11.8 Å². The highest BCUT2D eigenvalue weighted by atomic mass is 15.3. The van der Waals surface area contributed by atoms with Gasteiger partial charge in [0.05, 0.1) is 5.52 Å². The van der Waals surface area contributed by atoms with Crippen molar-refractivity contribution in [1.29, 1.82) is 0 Å². The second-order valence-electron chi connectivity index (χ2n) is 8.32. The highest BCUT2D eigenvalue weighted by molar-refractivity contribution is 5.80. The van der Waals surface area contributed by atoms with Crippen molar-refractivity contribution >= 4 is 16.7 Å². The number of anilines is 1. The molecule has 2 atom stereocenters. The third kappa shape index (κ3) is 3.33. The molecule has 0 bridgehead atoms. The van der Waals surface area contributed by atoms with Crippen molar-refractivity contribution in [1.82, 2.24) is 15.2 Å². The van der Waals surface area contributed by atoms with Crippen molar-refractivity contribution in [3.63, 3.8) is 0 Å². The molecule has 2 saturated heterocycles. The molecule has 4 heteroatoms. The largest absolute Gasteiger partial charge is 0.354 e. The maximum absolute atomic E-state index is 4.90. The van der Waals surface area contributed by atoms with Crippen molar-refractivity contribution < 1.29 is 0 Å². The summed E-state index contributed by atoms with van der Waals surface area (Å²) < 4.78 is 0. The van der Waals surface area contributed by atoms with E-state index in [0.717, 1.165) is 42.3 Å². The van der Waals surface area contributed by atoms with Crippen molar-refractivity contribution in [3.8, 4) is 0 Å². The van der Waals surface area contributed by atoms with Crippen LogP contribution in [0.15, 0.2) is 36.4 Å². The van der Waals surface area contributed by atoms with Crippen LogP contribution in [0.1, 0.15) is 25.7 Å². The second kappa shape index (κ2) is 7.16. The smallest absolute Gasteiger partial charge is 0.129 e. The Kier molecular flexibility index (Phi) is 4.55. The lowest BCUT2D eigenvalue weighted by atomic mass is 9.87. The van der Waals surface area contributed by atoms with Gasteiger partial charge in [0.25, 0.3) is 0 Å². The van der Waals surface area contributed by atoms with E-state index in [1.807, 2.05) is 0 Å². The summed E-state index contributed by atoms with van der Waals surface area (Å²) in [6.45, 7) is 7.03. The molecule has 138 valence electrons. The zero-order valence-corrected chi connectivity index (χ0v) is 15.6. The minimum atomic E-state index is 0.814. The second-order valence-corrected chi connectivity index (χ2v) is 8.32. The molecule has 1 aromatic carbocycles. The number of nitrogens with zero attached hydrogens (tertiary/aromatic N) is 3. The fraction of sp³-hybridized carbons (Fsp3) is 0.591. The average molecular weight is 351 g/mol. The van der Waals surface area contributed by atoms with Gasteiger partial charge in [-0.1, -0.05) is 18.2 Å². The van der Waals surface area contributed by atoms with Crippen LogP contribution < -0.4 is 10.2 Å². The summed E-state index contributed by atoms with van der Waals surface area (Å²) in [6, 6.07) is 13.6. The Labute approximate surface area is 156 Å². The molecular formula is C22H30N4. The molecule has 1 saturated carbocycles. The number of fused-ring (bicyclic) bond motifs is 1. The Morgan fingerprint density at radius 3 is 2.54 bits per heavy atom. The quantitative estimate of drug-likeness (QED) is 0.918. The van der Waals surface area contributed by atoms with E-state index in [1.165, 1.54) is 57.2 Å². The molecule has 3 aliphatic rings. The summed E-state index contributed by atoms with van der Waals surface area (Å²) in [4.78, 5) is 10.2. The first kappa shape index (κ1) is 16.5. The normalized spacial score (nSPS) is 26.2. The highest BCUT2D eigenvalue weighted by Gasteiger charge is 2.41. The van der Waals surface area contributed by atoms with E-state index in [1.54, 1.807) is 0 Å². The summed E-state index contributed by atoms with van der Waals surface area (Å²) in [5, 5.41) is 4.87. The number of aromatic nitrogens is 1. The Hall–Kier alpha value is -1.65. The van der Waals surface area contributed by atoms with E-state index in [0.29, 0.717) is 0 Å². The van der Waals surface area contributed by atoms with E-state index in [-0.39, 0.29) is 0 Å². The molecule has 1 aliphatic carbocycles. The molecule has 1 N–H and O–H groups in total. The predicted molar refractivity (Wildman–Crippen MR) is 108 cm³/mol. The lowest BCUT2D eigenvalue weighted by Crippen LogP contribution is -2.55. The molecular weight excluding hydrogens is 320 g/mol. The number of piperidine rings is 1. The van der Waals surface area contributed by atoms with Crippen LogP contribution in [0.2, 0.25) is 0 Å². The Bertz CT molecular complexity index is 743. The van der Waals surface area contributed by atoms with Gasteiger partial charge in [0, 0.05) is 37.6 Å². The molecule has 2 aliphatic heterocycles. The Morgan fingerprint density at radius 1 is 0.923 bits per heavy atom. The summed E-state index contributed by atoms with van der Waals surface area (Å²) in [6.07, 6.45) is 5.68. The molecule has 4 nitrogen and oxygen atoms in total. The number of piperazine rings is 1. The zero-order chi connectivity index (χ0) is 17.3. The molecule has 3 fully saturated rings. The topological polar surface area (TPSA) is 31.4 Å². The highest BCUT2D eigenvalue weighted by Crippen LogP contribution is 2.40. The monoisotopic (exact) mass is 350 g/mol. The molecule has 1 unspecified atom stereocenters. The van der Waals surface area contributed by atoms with Crippen molar-refractivity contribution in [2.24, 2.45) is 11.8 Å². The van der Waals surface area contributed by atoms with Gasteiger partial charge in [0.1, 0.15) is 5.82 Å². The number of para-hydroxylation sites is 1. The zero-order valence-electron chi connectivity index (χ0n) is 15.6. The summed E-state index contributed by atoms with van der Waals surface area (Å²) >= 11 is 0. The molecule has 0 radical (unpaired) electrons. The lowest BCUT2D eigenvalue weighted by molar-refractivity contribution is 0.0995. The van der Waals surface area contributed by atoms with Crippen LogP contribution in [-0.2, 0) is 0 Å². The van der Waals surface area contributed by atoms with E-state index in [9.17, 15) is 0 Å². The van der Waals surface area contributed by atoms with Crippen LogP contribution >= 0.6 is 0 Å². The van der Waals surface area contributed by atoms with Gasteiger partial charge in [-0.3, -0.25) is 4.90 Å². The number of pyridine rings is 1. The third-order valence-corrected chi connectivity index (χ3v) is 6.57. The maximum Gasteiger partial charge on any atom is 0.129 e. The fourth-order valence-corrected chi connectivity index (χ4v) is 5.07. The van der Waals surface area contributed by atoms with Crippen LogP contribution in [0.3, 0.4) is 0 Å². The van der Waals surface area contributed by atoms with Crippen molar-refractivity contribution in [2.75, 3.05) is 44.2 Å². The minimum absolute atomic E-state index is 0.814. The standard InChI is InChI=1S/C22H30N4/c1-2-6-20-17(4-1)9-10-21(24-20)25-12-14-26(15-13-25)22(18-7-8-18)19-5-3-11-23-16-19/h1-2,4,6,9-10,18-19,22-23H,3,5,7-8,11-16H2/t19-,22?/m1/s1. The molecule has 5 rings (SSSR count). The van der Waals surface area contributed by atoms with Gasteiger partial charge in [0.2, 0.25) is 0 Å². The number of hydrogen-bond donors (Lipinski definition) is 1. The number of nitrogens with one attached hydrogen (secondary N) is 1. The molecule has 3 heterocycles. The summed E-state index contributed by atoms with van der Waals surface area (Å²) in [5.41, 5.74) is 1.11. The maximum atomic E-state index is 4.90. The molecule has 2 aromatic rings. The van der Waals surface area contributed by atoms with Gasteiger partial charge >= 0.3 is 0 Å². The molecule has 0 spiro atoms. The minimum Gasteiger partial charge on any atom is -0.354 e. The summed E-state index contributed by atoms with van der Waals surface area (Å²) in [5.74, 6) is 2.97. The van der Waals surface area contributed by atoms with Crippen LogP contribution in [-0.4, -0.2) is 55.2 Å². The number of hydrogen-bond acceptors (Lipinski definition) is 4. The molecule has 1 aromatic heterocycles. The van der Waals surface area contributed by atoms with Gasteiger partial charge in [0.15, 0.2) is 0 Å². The van der Waals surface area contributed by atoms with Gasteiger partial charge in [-0.2, -0.15) is 0 Å². The Balaban J connectivity index is 1.27. The van der Waals surface area contributed by atoms with Gasteiger partial charge in [-0.05, 0) is 68.8 Å². The van der Waals surface area contributed by atoms with Crippen LogP contribution in [0.4, 0.5) is 5.82 Å². The lowest BCUT2D eigenvalue weighted by Gasteiger charge is -2.44. The number of rotatable bonds is 4. The molecule has 0 amide bonds. The van der Waals surface area contributed by atoms with Gasteiger partial charge in [-0.15, -0.1) is 0 Å². The van der Waals surface area contributed by atoms with Crippen LogP contribution in [0.5, 0.6) is 0 Å². The fourth-order valence-electron chi connectivity index (χ4n) is 5.07. The summed E-state index contributed by atoms with van der Waals surface area (Å²) in [7, 11) is 0. The van der Waals surface area contributed by atoms with Crippen molar-refractivity contribution in [2.45, 2.75) is 31.7 Å². The molecule has 26 heavy (non-hydrogen) atoms. The SMILES string of the molecule is c1ccc2nc(N3CCN(C(C4CC4)[C@@H]4CCCNC4)CC3)ccc2c1. The third-order valence-electron chi connectivity index (χ3n) is 6.57.